The number of rotatable bonds is 3. The van der Waals surface area contributed by atoms with Gasteiger partial charge in [-0.05, 0) is 30.2 Å². The van der Waals surface area contributed by atoms with Gasteiger partial charge in [-0.25, -0.2) is 4.79 Å². The Balaban J connectivity index is 2.17. The summed E-state index contributed by atoms with van der Waals surface area (Å²) < 4.78 is 1.05. The van der Waals surface area contributed by atoms with E-state index in [0.717, 1.165) is 16.4 Å². The molecule has 0 aliphatic rings. The largest absolute Gasteiger partial charge is 0.361 e. The zero-order chi connectivity index (χ0) is 11.5. The van der Waals surface area contributed by atoms with Crippen LogP contribution in [0.2, 0.25) is 0 Å². The van der Waals surface area contributed by atoms with Crippen LogP contribution >= 0.6 is 15.9 Å². The van der Waals surface area contributed by atoms with E-state index in [1.165, 1.54) is 10.9 Å². The average molecular weight is 282 g/mol. The summed E-state index contributed by atoms with van der Waals surface area (Å²) in [7, 11) is 0. The van der Waals surface area contributed by atoms with E-state index in [4.69, 9.17) is 5.73 Å². The van der Waals surface area contributed by atoms with Crippen molar-refractivity contribution in [1.29, 1.82) is 0 Å². The Morgan fingerprint density at radius 1 is 1.50 bits per heavy atom. The standard InChI is InChI=1S/C11H12BrN3O/c12-8-1-2-10-9(5-8)7(6-15-10)3-4-14-11(13)16/h1-2,5-6,15H,3-4H2,(H3,13,14,16). The van der Waals surface area contributed by atoms with E-state index in [1.807, 2.05) is 18.3 Å². The fourth-order valence-corrected chi connectivity index (χ4v) is 2.04. The monoisotopic (exact) mass is 281 g/mol. The summed E-state index contributed by atoms with van der Waals surface area (Å²) in [5.74, 6) is 0. The molecule has 0 aliphatic carbocycles. The van der Waals surface area contributed by atoms with Gasteiger partial charge in [0.1, 0.15) is 0 Å². The van der Waals surface area contributed by atoms with Gasteiger partial charge in [-0.15, -0.1) is 0 Å². The Morgan fingerprint density at radius 2 is 2.31 bits per heavy atom. The van der Waals surface area contributed by atoms with E-state index in [1.54, 1.807) is 0 Å². The molecule has 0 saturated carbocycles. The van der Waals surface area contributed by atoms with Gasteiger partial charge in [0, 0.05) is 28.1 Å². The van der Waals surface area contributed by atoms with E-state index >= 15 is 0 Å². The van der Waals surface area contributed by atoms with Crippen molar-refractivity contribution in [1.82, 2.24) is 10.3 Å². The van der Waals surface area contributed by atoms with Crippen molar-refractivity contribution in [2.24, 2.45) is 5.73 Å². The number of H-pyrrole nitrogens is 1. The molecular weight excluding hydrogens is 270 g/mol. The summed E-state index contributed by atoms with van der Waals surface area (Å²) in [5.41, 5.74) is 7.27. The van der Waals surface area contributed by atoms with Gasteiger partial charge in [-0.3, -0.25) is 0 Å². The third-order valence-corrected chi connectivity index (χ3v) is 2.92. The molecule has 1 aromatic carbocycles. The van der Waals surface area contributed by atoms with Crippen molar-refractivity contribution in [3.05, 3.63) is 34.4 Å². The summed E-state index contributed by atoms with van der Waals surface area (Å²) in [6, 6.07) is 5.58. The summed E-state index contributed by atoms with van der Waals surface area (Å²) >= 11 is 3.44. The maximum Gasteiger partial charge on any atom is 0.312 e. The van der Waals surface area contributed by atoms with Crippen LogP contribution in [0.3, 0.4) is 0 Å². The summed E-state index contributed by atoms with van der Waals surface area (Å²) in [4.78, 5) is 13.7. The highest BCUT2D eigenvalue weighted by Crippen LogP contribution is 2.22. The molecule has 0 unspecified atom stereocenters. The number of hydrogen-bond acceptors (Lipinski definition) is 1. The molecule has 16 heavy (non-hydrogen) atoms. The zero-order valence-corrected chi connectivity index (χ0v) is 10.2. The van der Waals surface area contributed by atoms with E-state index < -0.39 is 6.03 Å². The van der Waals surface area contributed by atoms with Gasteiger partial charge >= 0.3 is 6.03 Å². The summed E-state index contributed by atoms with van der Waals surface area (Å²) in [6.45, 7) is 0.550. The van der Waals surface area contributed by atoms with Gasteiger partial charge in [-0.2, -0.15) is 0 Å². The lowest BCUT2D eigenvalue weighted by Gasteiger charge is -2.01. The lowest BCUT2D eigenvalue weighted by molar-refractivity contribution is 0.249. The Kier molecular flexibility index (Phi) is 3.14. The molecule has 4 N–H and O–H groups in total. The van der Waals surface area contributed by atoms with Crippen molar-refractivity contribution in [2.45, 2.75) is 6.42 Å². The first-order valence-corrected chi connectivity index (χ1v) is 5.75. The first-order chi connectivity index (χ1) is 7.66. The average Bonchev–Trinajstić information content (AvgIpc) is 2.60. The maximum atomic E-state index is 10.5. The highest BCUT2D eigenvalue weighted by Gasteiger charge is 2.04. The number of halogens is 1. The molecule has 5 heteroatoms. The molecule has 0 saturated heterocycles. The molecule has 1 aromatic heterocycles. The molecule has 2 aromatic rings. The molecule has 1 heterocycles. The van der Waals surface area contributed by atoms with Crippen LogP contribution in [0.25, 0.3) is 10.9 Å². The molecule has 4 nitrogen and oxygen atoms in total. The Morgan fingerprint density at radius 3 is 3.06 bits per heavy atom. The molecule has 2 rings (SSSR count). The second-order valence-electron chi connectivity index (χ2n) is 3.54. The second-order valence-corrected chi connectivity index (χ2v) is 4.46. The van der Waals surface area contributed by atoms with Gasteiger partial charge in [-0.1, -0.05) is 15.9 Å². The molecule has 2 amide bonds. The highest BCUT2D eigenvalue weighted by molar-refractivity contribution is 9.10. The molecular formula is C11H12BrN3O. The number of hydrogen-bond donors (Lipinski definition) is 3. The maximum absolute atomic E-state index is 10.5. The molecule has 0 atom stereocenters. The number of nitrogens with two attached hydrogens (primary N) is 1. The topological polar surface area (TPSA) is 70.9 Å². The summed E-state index contributed by atoms with van der Waals surface area (Å²) in [5, 5.41) is 3.74. The molecule has 0 aliphatic heterocycles. The lowest BCUT2D eigenvalue weighted by atomic mass is 10.1. The first-order valence-electron chi connectivity index (χ1n) is 4.95. The van der Waals surface area contributed by atoms with Gasteiger partial charge in [0.05, 0.1) is 0 Å². The zero-order valence-electron chi connectivity index (χ0n) is 8.59. The van der Waals surface area contributed by atoms with Crippen molar-refractivity contribution < 1.29 is 4.79 Å². The quantitative estimate of drug-likeness (QED) is 0.793. The minimum Gasteiger partial charge on any atom is -0.361 e. The SMILES string of the molecule is NC(=O)NCCc1c[nH]c2ccc(Br)cc12. The first kappa shape index (κ1) is 11.0. The van der Waals surface area contributed by atoms with Gasteiger partial charge in [0.2, 0.25) is 0 Å². The number of carbonyl (C=O) groups is 1. The fraction of sp³-hybridized carbons (Fsp3) is 0.182. The molecule has 0 spiro atoms. The van der Waals surface area contributed by atoms with E-state index in [2.05, 4.69) is 32.3 Å². The smallest absolute Gasteiger partial charge is 0.312 e. The van der Waals surface area contributed by atoms with Gasteiger partial charge < -0.3 is 16.0 Å². The number of amides is 2. The Labute approximate surface area is 101 Å². The number of carbonyl (C=O) groups excluding carboxylic acids is 1. The third kappa shape index (κ3) is 2.36. The predicted molar refractivity (Wildman–Crippen MR) is 67.3 cm³/mol. The van der Waals surface area contributed by atoms with Crippen LogP contribution in [0.5, 0.6) is 0 Å². The number of fused-ring (bicyclic) bond motifs is 1. The Hall–Kier alpha value is -1.49. The minimum absolute atomic E-state index is 0.485. The van der Waals surface area contributed by atoms with Crippen LogP contribution in [0, 0.1) is 0 Å². The number of nitrogens with one attached hydrogen (secondary N) is 2. The minimum atomic E-state index is -0.485. The van der Waals surface area contributed by atoms with Gasteiger partial charge in [0.15, 0.2) is 0 Å². The number of benzene rings is 1. The fourth-order valence-electron chi connectivity index (χ4n) is 1.68. The number of aromatic amines is 1. The number of aromatic nitrogens is 1. The van der Waals surface area contributed by atoms with Crippen molar-refractivity contribution >= 4 is 32.9 Å². The second kappa shape index (κ2) is 4.57. The van der Waals surface area contributed by atoms with Crippen LogP contribution in [-0.4, -0.2) is 17.6 Å². The predicted octanol–water partition coefficient (Wildman–Crippen LogP) is 2.14. The van der Waals surface area contributed by atoms with E-state index in [9.17, 15) is 4.79 Å². The van der Waals surface area contributed by atoms with Crippen LogP contribution in [-0.2, 0) is 6.42 Å². The summed E-state index contributed by atoms with van der Waals surface area (Å²) in [6.07, 6.45) is 2.72. The number of urea groups is 1. The van der Waals surface area contributed by atoms with E-state index in [-0.39, 0.29) is 0 Å². The van der Waals surface area contributed by atoms with Gasteiger partial charge in [0.25, 0.3) is 0 Å². The van der Waals surface area contributed by atoms with E-state index in [0.29, 0.717) is 6.54 Å². The van der Waals surface area contributed by atoms with Crippen molar-refractivity contribution in [2.75, 3.05) is 6.54 Å². The molecule has 84 valence electrons. The Bertz CT molecular complexity index is 521. The third-order valence-electron chi connectivity index (χ3n) is 2.42. The molecule has 0 fully saturated rings. The van der Waals surface area contributed by atoms with Crippen LogP contribution in [0.1, 0.15) is 5.56 Å². The normalized spacial score (nSPS) is 10.6. The van der Waals surface area contributed by atoms with Crippen molar-refractivity contribution in [3.63, 3.8) is 0 Å². The van der Waals surface area contributed by atoms with Crippen molar-refractivity contribution in [3.8, 4) is 0 Å². The van der Waals surface area contributed by atoms with Crippen LogP contribution in [0.4, 0.5) is 4.79 Å². The molecule has 0 bridgehead atoms. The van der Waals surface area contributed by atoms with Crippen LogP contribution in [0.15, 0.2) is 28.9 Å². The number of primary amides is 1. The van der Waals surface area contributed by atoms with Crippen LogP contribution < -0.4 is 11.1 Å². The highest BCUT2D eigenvalue weighted by atomic mass is 79.9. The molecule has 0 radical (unpaired) electrons. The lowest BCUT2D eigenvalue weighted by Crippen LogP contribution is -2.30.